The van der Waals surface area contributed by atoms with Gasteiger partial charge in [0.1, 0.15) is 5.54 Å². The monoisotopic (exact) mass is 684 g/mol. The lowest BCUT2D eigenvalue weighted by atomic mass is 9.86. The van der Waals surface area contributed by atoms with Crippen LogP contribution in [0, 0.1) is 5.92 Å². The number of piperidine rings is 1. The molecule has 3 N–H and O–H groups in total. The van der Waals surface area contributed by atoms with E-state index in [2.05, 4.69) is 53.5 Å². The molecule has 3 fully saturated rings. The van der Waals surface area contributed by atoms with Crippen LogP contribution in [-0.4, -0.2) is 85.6 Å². The highest BCUT2D eigenvalue weighted by Crippen LogP contribution is 2.46. The van der Waals surface area contributed by atoms with Crippen LogP contribution >= 0.6 is 0 Å². The molecule has 49 heavy (non-hydrogen) atoms. The maximum Gasteiger partial charge on any atom is 0.254 e. The van der Waals surface area contributed by atoms with Crippen molar-refractivity contribution < 1.29 is 24.2 Å². The quantitative estimate of drug-likeness (QED) is 0.233. The number of rotatable bonds is 12. The number of amides is 2. The molecule has 262 valence electrons. The molecule has 10 heteroatoms. The van der Waals surface area contributed by atoms with Crippen LogP contribution in [0.3, 0.4) is 0 Å². The Bertz CT molecular complexity index is 1550. The lowest BCUT2D eigenvalue weighted by Gasteiger charge is -2.39. The van der Waals surface area contributed by atoms with E-state index in [0.29, 0.717) is 13.2 Å². The van der Waals surface area contributed by atoms with Crippen molar-refractivity contribution in [3.63, 3.8) is 0 Å². The molecule has 3 aliphatic heterocycles. The van der Waals surface area contributed by atoms with Gasteiger partial charge in [-0.3, -0.25) is 14.5 Å². The summed E-state index contributed by atoms with van der Waals surface area (Å²) in [5.41, 5.74) is 3.55. The number of para-hydroxylation sites is 1. The van der Waals surface area contributed by atoms with E-state index in [0.717, 1.165) is 61.3 Å². The van der Waals surface area contributed by atoms with E-state index in [1.165, 1.54) is 0 Å². The fraction of sp³-hybridized carbons (Fsp3) is 0.487. The van der Waals surface area contributed by atoms with Crippen molar-refractivity contribution in [1.29, 1.82) is 0 Å². The molecule has 3 saturated heterocycles. The van der Waals surface area contributed by atoms with Crippen LogP contribution in [0.25, 0.3) is 0 Å². The van der Waals surface area contributed by atoms with Crippen LogP contribution < -0.4 is 15.1 Å². The third kappa shape index (κ3) is 7.63. The fourth-order valence-electron chi connectivity index (χ4n) is 8.44. The van der Waals surface area contributed by atoms with Crippen molar-refractivity contribution in [1.82, 2.24) is 10.2 Å². The Labute approximate surface area is 292 Å². The molecule has 2 amide bonds. The van der Waals surface area contributed by atoms with Gasteiger partial charge in [-0.15, -0.1) is 0 Å². The van der Waals surface area contributed by atoms with Crippen LogP contribution in [0.1, 0.15) is 43.7 Å². The molecule has 3 aromatic carbocycles. The largest absolute Gasteiger partial charge is 0.432 e. The average molecular weight is 685 g/mol. The molecule has 0 saturated carbocycles. The number of nitrogens with zero attached hydrogens (tertiary/aromatic N) is 3. The van der Waals surface area contributed by atoms with Crippen LogP contribution in [0.4, 0.5) is 11.4 Å². The van der Waals surface area contributed by atoms with Gasteiger partial charge in [0.25, 0.3) is 5.91 Å². The highest BCUT2D eigenvalue weighted by molar-refractivity contribution is 6.71. The minimum Gasteiger partial charge on any atom is -0.432 e. The van der Waals surface area contributed by atoms with E-state index in [4.69, 9.17) is 4.74 Å². The third-order valence-electron chi connectivity index (χ3n) is 10.9. The summed E-state index contributed by atoms with van der Waals surface area (Å²) in [6, 6.07) is 28.4. The molecular weight excluding hydrogens is 633 g/mol. The molecular formula is C39H52N4O5Si. The number of aliphatic hydroxyl groups is 1. The molecule has 4 atom stereocenters. The zero-order chi connectivity index (χ0) is 34.6. The second-order valence-corrected chi connectivity index (χ2v) is 18.6. The SMILES string of the molecule is C[C@H]1[C@H]([Si](C)(C)O)[C@@H](CC(=O)N(CCO)Cc2ccccc2)O[C@H]1CCc1ccc(N2CN(c3ccccc3)C3(CCNCC3)C2=O)cc1. The zero-order valence-corrected chi connectivity index (χ0v) is 30.1. The first-order valence-electron chi connectivity index (χ1n) is 17.9. The Morgan fingerprint density at radius 3 is 2.22 bits per heavy atom. The van der Waals surface area contributed by atoms with Gasteiger partial charge in [0.05, 0.1) is 31.9 Å². The predicted octanol–water partition coefficient (Wildman–Crippen LogP) is 4.93. The van der Waals surface area contributed by atoms with Crippen LogP contribution in [-0.2, 0) is 27.3 Å². The second-order valence-electron chi connectivity index (χ2n) is 14.6. The first-order chi connectivity index (χ1) is 23.6. The van der Waals surface area contributed by atoms with Gasteiger partial charge in [-0.05, 0) is 93.2 Å². The maximum atomic E-state index is 14.1. The van der Waals surface area contributed by atoms with Gasteiger partial charge in [0, 0.05) is 30.0 Å². The van der Waals surface area contributed by atoms with Crippen LogP contribution in [0.5, 0.6) is 0 Å². The van der Waals surface area contributed by atoms with Gasteiger partial charge in [-0.2, -0.15) is 0 Å². The van der Waals surface area contributed by atoms with Gasteiger partial charge in [-0.1, -0.05) is 67.6 Å². The number of nitrogens with one attached hydrogen (secondary N) is 1. The third-order valence-corrected chi connectivity index (χ3v) is 13.5. The van der Waals surface area contributed by atoms with Gasteiger partial charge in [0.15, 0.2) is 8.32 Å². The molecule has 0 aliphatic carbocycles. The minimum atomic E-state index is -2.66. The Kier molecular flexibility index (Phi) is 10.9. The summed E-state index contributed by atoms with van der Waals surface area (Å²) in [5, 5.41) is 13.1. The first-order valence-corrected chi connectivity index (χ1v) is 20.9. The molecule has 3 aliphatic rings. The summed E-state index contributed by atoms with van der Waals surface area (Å²) in [6.07, 6.45) is 2.86. The van der Waals surface area contributed by atoms with Gasteiger partial charge in [-0.25, -0.2) is 0 Å². The summed E-state index contributed by atoms with van der Waals surface area (Å²) in [7, 11) is -2.66. The highest BCUT2D eigenvalue weighted by atomic mass is 28.4. The number of hydrogen-bond acceptors (Lipinski definition) is 7. The normalized spacial score (nSPS) is 23.7. The van der Waals surface area contributed by atoms with E-state index >= 15 is 0 Å². The van der Waals surface area contributed by atoms with E-state index in [1.807, 2.05) is 66.5 Å². The van der Waals surface area contributed by atoms with E-state index in [9.17, 15) is 19.5 Å². The fourth-order valence-corrected chi connectivity index (χ4v) is 11.1. The summed E-state index contributed by atoms with van der Waals surface area (Å²) in [4.78, 5) is 44.9. The zero-order valence-electron chi connectivity index (χ0n) is 29.1. The summed E-state index contributed by atoms with van der Waals surface area (Å²) < 4.78 is 6.62. The Hall–Kier alpha value is -3.54. The van der Waals surface area contributed by atoms with E-state index in [1.54, 1.807) is 4.90 Å². The number of benzene rings is 3. The number of carbonyl (C=O) groups excluding carboxylic acids is 2. The van der Waals surface area contributed by atoms with Crippen molar-refractivity contribution in [3.8, 4) is 0 Å². The van der Waals surface area contributed by atoms with Crippen molar-refractivity contribution in [2.24, 2.45) is 5.92 Å². The van der Waals surface area contributed by atoms with Gasteiger partial charge >= 0.3 is 0 Å². The first kappa shape index (κ1) is 35.3. The topological polar surface area (TPSA) is 106 Å². The molecule has 3 heterocycles. The summed E-state index contributed by atoms with van der Waals surface area (Å²) >= 11 is 0. The molecule has 0 aromatic heterocycles. The lowest BCUT2D eigenvalue weighted by Crippen LogP contribution is -2.55. The van der Waals surface area contributed by atoms with Crippen molar-refractivity contribution in [2.75, 3.05) is 42.7 Å². The molecule has 3 aromatic rings. The molecule has 1 spiro atoms. The molecule has 0 radical (unpaired) electrons. The lowest BCUT2D eigenvalue weighted by molar-refractivity contribution is -0.135. The number of aryl methyl sites for hydroxylation is 1. The number of ether oxygens (including phenoxy) is 1. The molecule has 0 unspecified atom stereocenters. The Balaban J connectivity index is 1.11. The molecule has 9 nitrogen and oxygen atoms in total. The van der Waals surface area contributed by atoms with Gasteiger partial charge < -0.3 is 29.8 Å². The van der Waals surface area contributed by atoms with Crippen molar-refractivity contribution >= 4 is 31.5 Å². The minimum absolute atomic E-state index is 0.0665. The predicted molar refractivity (Wildman–Crippen MR) is 196 cm³/mol. The molecule has 0 bridgehead atoms. The Morgan fingerprint density at radius 1 is 0.939 bits per heavy atom. The summed E-state index contributed by atoms with van der Waals surface area (Å²) in [5.74, 6) is 0.210. The number of hydrogen-bond donors (Lipinski definition) is 3. The van der Waals surface area contributed by atoms with Crippen LogP contribution in [0.2, 0.25) is 18.6 Å². The van der Waals surface area contributed by atoms with Crippen molar-refractivity contribution in [3.05, 3.63) is 96.1 Å². The maximum absolute atomic E-state index is 14.1. The smallest absolute Gasteiger partial charge is 0.254 e. The number of aliphatic hydroxyl groups excluding tert-OH is 1. The molecule has 6 rings (SSSR count). The van der Waals surface area contributed by atoms with E-state index < -0.39 is 13.9 Å². The highest BCUT2D eigenvalue weighted by Gasteiger charge is 2.53. The average Bonchev–Trinajstić information content (AvgIpc) is 3.57. The van der Waals surface area contributed by atoms with Gasteiger partial charge in [0.2, 0.25) is 5.91 Å². The summed E-state index contributed by atoms with van der Waals surface area (Å²) in [6.45, 7) is 8.78. The Morgan fingerprint density at radius 2 is 1.59 bits per heavy atom. The number of anilines is 2. The number of carbonyl (C=O) groups is 2. The van der Waals surface area contributed by atoms with Crippen LogP contribution in [0.15, 0.2) is 84.9 Å². The van der Waals surface area contributed by atoms with Crippen molar-refractivity contribution in [2.45, 2.75) is 82.0 Å². The standard InChI is InChI=1S/C39H52N4O5Si/c1-29-34(48-35(37(29)49(2,3)47)26-36(45)41(24-25-44)27-31-10-6-4-7-11-31)19-16-30-14-17-32(18-15-30)42-28-43(33-12-8-5-9-13-33)39(38(42)46)20-22-40-23-21-39/h4-15,17-18,29,34-35,37,40,44,47H,16,19-28H2,1-3H3/t29-,34+,35-,37+/m1/s1. The van der Waals surface area contributed by atoms with E-state index in [-0.39, 0.29) is 55.1 Å². The second kappa shape index (κ2) is 15.1.